The Balaban J connectivity index is 1.71. The molecule has 0 aliphatic carbocycles. The molecule has 0 spiro atoms. The topological polar surface area (TPSA) is 107 Å². The Bertz CT molecular complexity index is 975. The Morgan fingerprint density at radius 2 is 2.00 bits per heavy atom. The number of nitrogens with two attached hydrogens (primary N) is 1. The number of carboxylic acid groups (broad SMARTS) is 1. The van der Waals surface area contributed by atoms with Crippen molar-refractivity contribution in [3.05, 3.63) is 76.9 Å². The molecule has 6 heteroatoms. The zero-order chi connectivity index (χ0) is 20.1. The summed E-state index contributed by atoms with van der Waals surface area (Å²) in [7, 11) is 0. The minimum absolute atomic E-state index is 0.0893. The molecule has 1 amide bonds. The van der Waals surface area contributed by atoms with Crippen molar-refractivity contribution in [2.75, 3.05) is 13.1 Å². The van der Waals surface area contributed by atoms with Gasteiger partial charge in [-0.1, -0.05) is 36.4 Å². The molecule has 0 aromatic heterocycles. The minimum atomic E-state index is -1.02. The molecule has 0 bridgehead atoms. The van der Waals surface area contributed by atoms with E-state index in [4.69, 9.17) is 16.1 Å². The molecule has 2 aromatic rings. The van der Waals surface area contributed by atoms with Crippen molar-refractivity contribution in [2.24, 2.45) is 5.73 Å². The van der Waals surface area contributed by atoms with E-state index in [2.05, 4.69) is 6.07 Å². The number of amides is 1. The number of nitrogens with zero attached hydrogens (tertiary/aromatic N) is 2. The summed E-state index contributed by atoms with van der Waals surface area (Å²) in [6, 6.07) is 15.5. The van der Waals surface area contributed by atoms with Gasteiger partial charge in [0.2, 0.25) is 0 Å². The van der Waals surface area contributed by atoms with Gasteiger partial charge in [-0.2, -0.15) is 5.26 Å². The molecule has 3 rings (SSSR count). The monoisotopic (exact) mass is 375 g/mol. The Morgan fingerprint density at radius 1 is 1.21 bits per heavy atom. The number of benzene rings is 2. The van der Waals surface area contributed by atoms with Gasteiger partial charge in [-0.25, -0.2) is 0 Å². The minimum Gasteiger partial charge on any atom is -0.480 e. The van der Waals surface area contributed by atoms with Crippen LogP contribution in [0, 0.1) is 11.3 Å². The van der Waals surface area contributed by atoms with Gasteiger partial charge < -0.3 is 15.7 Å². The average molecular weight is 375 g/mol. The lowest BCUT2D eigenvalue weighted by atomic mass is 9.95. The first-order valence-electron chi connectivity index (χ1n) is 9.04. The summed E-state index contributed by atoms with van der Waals surface area (Å²) in [5.41, 5.74) is 9.63. The van der Waals surface area contributed by atoms with E-state index in [0.29, 0.717) is 30.6 Å². The third-order valence-electron chi connectivity index (χ3n) is 4.81. The van der Waals surface area contributed by atoms with Gasteiger partial charge in [-0.15, -0.1) is 0 Å². The van der Waals surface area contributed by atoms with E-state index in [1.54, 1.807) is 29.2 Å². The van der Waals surface area contributed by atoms with Crippen molar-refractivity contribution in [3.63, 3.8) is 0 Å². The molecule has 0 unspecified atom stereocenters. The van der Waals surface area contributed by atoms with Gasteiger partial charge >= 0.3 is 5.97 Å². The molecule has 142 valence electrons. The Morgan fingerprint density at radius 3 is 2.68 bits per heavy atom. The zero-order valence-corrected chi connectivity index (χ0v) is 15.3. The lowest BCUT2D eigenvalue weighted by Crippen LogP contribution is -2.34. The van der Waals surface area contributed by atoms with E-state index in [1.165, 1.54) is 0 Å². The molecule has 0 saturated carbocycles. The quantitative estimate of drug-likeness (QED) is 0.835. The van der Waals surface area contributed by atoms with Gasteiger partial charge in [-0.3, -0.25) is 9.59 Å². The third kappa shape index (κ3) is 4.45. The fraction of sp³-hybridized carbons (Fsp3) is 0.227. The number of aliphatic carboxylic acids is 1. The van der Waals surface area contributed by atoms with Gasteiger partial charge in [0.15, 0.2) is 0 Å². The second-order valence-corrected chi connectivity index (χ2v) is 6.77. The van der Waals surface area contributed by atoms with Crippen LogP contribution in [-0.4, -0.2) is 41.0 Å². The van der Waals surface area contributed by atoms with Gasteiger partial charge in [0.25, 0.3) is 5.91 Å². The van der Waals surface area contributed by atoms with Crippen molar-refractivity contribution >= 4 is 17.4 Å². The average Bonchev–Trinajstić information content (AvgIpc) is 2.73. The highest BCUT2D eigenvalue weighted by atomic mass is 16.4. The molecule has 1 atom stereocenters. The standard InChI is InChI=1S/C22H21N3O3/c23-14-16-4-2-6-19(12-16)21(26)25-9-7-17(8-10-25)18-5-1-3-15(11-18)13-20(24)22(27)28/h1-7,11-12,20H,8-10,13,24H2,(H,27,28)/t20-/m0/s1. The highest BCUT2D eigenvalue weighted by molar-refractivity contribution is 5.95. The second-order valence-electron chi connectivity index (χ2n) is 6.77. The van der Waals surface area contributed by atoms with Crippen molar-refractivity contribution in [1.82, 2.24) is 4.90 Å². The number of nitriles is 1. The molecule has 6 nitrogen and oxygen atoms in total. The highest BCUT2D eigenvalue weighted by Crippen LogP contribution is 2.24. The van der Waals surface area contributed by atoms with E-state index in [-0.39, 0.29) is 12.3 Å². The number of carboxylic acids is 1. The summed E-state index contributed by atoms with van der Waals surface area (Å²) in [5, 5.41) is 18.0. The second kappa shape index (κ2) is 8.51. The van der Waals surface area contributed by atoms with Crippen LogP contribution in [0.4, 0.5) is 0 Å². The summed E-state index contributed by atoms with van der Waals surface area (Å²) in [6.07, 6.45) is 3.00. The van der Waals surface area contributed by atoms with Crippen LogP contribution >= 0.6 is 0 Å². The van der Waals surface area contributed by atoms with Crippen molar-refractivity contribution in [2.45, 2.75) is 18.9 Å². The summed E-state index contributed by atoms with van der Waals surface area (Å²) in [5.74, 6) is -1.11. The predicted molar refractivity (Wildman–Crippen MR) is 105 cm³/mol. The summed E-state index contributed by atoms with van der Waals surface area (Å²) in [6.45, 7) is 1.07. The van der Waals surface area contributed by atoms with Crippen LogP contribution in [0.5, 0.6) is 0 Å². The predicted octanol–water partition coefficient (Wildman–Crippen LogP) is 2.44. The van der Waals surface area contributed by atoms with E-state index in [9.17, 15) is 9.59 Å². The third-order valence-corrected chi connectivity index (χ3v) is 4.81. The Kier molecular flexibility index (Phi) is 5.87. The molecule has 28 heavy (non-hydrogen) atoms. The van der Waals surface area contributed by atoms with E-state index in [1.807, 2.05) is 30.3 Å². The largest absolute Gasteiger partial charge is 0.480 e. The number of hydrogen-bond acceptors (Lipinski definition) is 4. The van der Waals surface area contributed by atoms with E-state index >= 15 is 0 Å². The van der Waals surface area contributed by atoms with E-state index in [0.717, 1.165) is 16.7 Å². The van der Waals surface area contributed by atoms with Crippen molar-refractivity contribution < 1.29 is 14.7 Å². The van der Waals surface area contributed by atoms with Crippen molar-refractivity contribution in [3.8, 4) is 6.07 Å². The van der Waals surface area contributed by atoms with Crippen LogP contribution in [-0.2, 0) is 11.2 Å². The van der Waals surface area contributed by atoms with Crippen LogP contribution in [0.15, 0.2) is 54.6 Å². The first-order chi connectivity index (χ1) is 13.5. The lowest BCUT2D eigenvalue weighted by Gasteiger charge is -2.27. The summed E-state index contributed by atoms with van der Waals surface area (Å²) in [4.78, 5) is 25.4. The maximum absolute atomic E-state index is 12.7. The molecule has 1 heterocycles. The molecule has 3 N–H and O–H groups in total. The van der Waals surface area contributed by atoms with Gasteiger partial charge in [0.05, 0.1) is 11.6 Å². The van der Waals surface area contributed by atoms with Crippen LogP contribution < -0.4 is 5.73 Å². The lowest BCUT2D eigenvalue weighted by molar-refractivity contribution is -0.138. The van der Waals surface area contributed by atoms with Crippen LogP contribution in [0.25, 0.3) is 5.57 Å². The summed E-state index contributed by atoms with van der Waals surface area (Å²) < 4.78 is 0. The maximum atomic E-state index is 12.7. The fourth-order valence-corrected chi connectivity index (χ4v) is 3.26. The molecule has 1 aliphatic rings. The number of rotatable bonds is 5. The molecular formula is C22H21N3O3. The first-order valence-corrected chi connectivity index (χ1v) is 9.04. The highest BCUT2D eigenvalue weighted by Gasteiger charge is 2.20. The number of carbonyl (C=O) groups is 2. The van der Waals surface area contributed by atoms with Gasteiger partial charge in [0.1, 0.15) is 6.04 Å². The first kappa shape index (κ1) is 19.3. The molecule has 0 fully saturated rings. The normalized spacial score (nSPS) is 14.7. The number of carbonyl (C=O) groups excluding carboxylic acids is 1. The summed E-state index contributed by atoms with van der Waals surface area (Å²) >= 11 is 0. The molecule has 2 aromatic carbocycles. The SMILES string of the molecule is N#Cc1cccc(C(=O)N2CC=C(c3cccc(C[C@H](N)C(=O)O)c3)CC2)c1. The van der Waals surface area contributed by atoms with Crippen molar-refractivity contribution in [1.29, 1.82) is 5.26 Å². The number of hydrogen-bond donors (Lipinski definition) is 2. The molecular weight excluding hydrogens is 354 g/mol. The molecule has 1 aliphatic heterocycles. The van der Waals surface area contributed by atoms with Gasteiger partial charge in [-0.05, 0) is 47.7 Å². The van der Waals surface area contributed by atoms with Crippen LogP contribution in [0.3, 0.4) is 0 Å². The Hall–Kier alpha value is -3.43. The van der Waals surface area contributed by atoms with E-state index < -0.39 is 12.0 Å². The molecule has 0 saturated heterocycles. The maximum Gasteiger partial charge on any atom is 0.320 e. The molecule has 0 radical (unpaired) electrons. The zero-order valence-electron chi connectivity index (χ0n) is 15.3. The van der Waals surface area contributed by atoms with Gasteiger partial charge in [0, 0.05) is 18.7 Å². The smallest absolute Gasteiger partial charge is 0.320 e. The van der Waals surface area contributed by atoms with Crippen LogP contribution in [0.2, 0.25) is 0 Å². The Labute approximate surface area is 163 Å². The fourth-order valence-electron chi connectivity index (χ4n) is 3.26. The van der Waals surface area contributed by atoms with Crippen LogP contribution in [0.1, 0.15) is 33.5 Å².